The van der Waals surface area contributed by atoms with Gasteiger partial charge in [-0.05, 0) is 6.07 Å². The molecule has 0 aliphatic rings. The Morgan fingerprint density at radius 2 is 2.21 bits per heavy atom. The fraction of sp³-hybridized carbons (Fsp3) is 0.200. The van der Waals surface area contributed by atoms with Crippen molar-refractivity contribution in [3.63, 3.8) is 0 Å². The van der Waals surface area contributed by atoms with Crippen LogP contribution in [0.5, 0.6) is 0 Å². The van der Waals surface area contributed by atoms with Crippen LogP contribution in [0.2, 0.25) is 0 Å². The van der Waals surface area contributed by atoms with Crippen LogP contribution in [0.1, 0.15) is 23.2 Å². The zero-order valence-corrected chi connectivity index (χ0v) is 11.2. The van der Waals surface area contributed by atoms with Crippen molar-refractivity contribution < 1.29 is 4.79 Å². The number of Topliss-reactive ketones (excluding diaryl/α,β-unsaturated/α-hetero) is 1. The summed E-state index contributed by atoms with van der Waals surface area (Å²) in [6, 6.07) is 1.73. The van der Waals surface area contributed by atoms with Crippen LogP contribution >= 0.6 is 0 Å². The summed E-state index contributed by atoms with van der Waals surface area (Å²) in [5.41, 5.74) is 1.42. The topological polar surface area (TPSA) is 55.2 Å². The molecule has 1 unspecified atom stereocenters. The van der Waals surface area contributed by atoms with E-state index in [0.717, 1.165) is 5.57 Å². The number of hydrogen-bond acceptors (Lipinski definition) is 4. The first-order valence-corrected chi connectivity index (χ1v) is 5.89. The van der Waals surface area contributed by atoms with Crippen molar-refractivity contribution in [1.82, 2.24) is 9.97 Å². The van der Waals surface area contributed by atoms with Crippen molar-refractivity contribution in [2.24, 2.45) is 10.9 Å². The van der Waals surface area contributed by atoms with Crippen LogP contribution in [-0.2, 0) is 0 Å². The standard InChI is InChI=1S/C15H17N3O/c1-5-7-12(10-16-4)13-8-9-17-15(18-13)14(19)11(3)6-2/h5-11H,1-2H2,3-4H3/b12-7+,16-10?. The van der Waals surface area contributed by atoms with E-state index >= 15 is 0 Å². The minimum Gasteiger partial charge on any atom is -0.296 e. The van der Waals surface area contributed by atoms with Crippen molar-refractivity contribution in [3.05, 3.63) is 55.2 Å². The molecule has 98 valence electrons. The number of hydrogen-bond donors (Lipinski definition) is 0. The van der Waals surface area contributed by atoms with Crippen LogP contribution in [0.15, 0.2) is 48.6 Å². The van der Waals surface area contributed by atoms with Gasteiger partial charge in [-0.2, -0.15) is 0 Å². The molecule has 0 spiro atoms. The first-order valence-electron chi connectivity index (χ1n) is 5.89. The Bertz CT molecular complexity index is 544. The summed E-state index contributed by atoms with van der Waals surface area (Å²) in [7, 11) is 1.67. The number of carbonyl (C=O) groups excluding carboxylic acids is 1. The fourth-order valence-electron chi connectivity index (χ4n) is 1.41. The first-order chi connectivity index (χ1) is 9.13. The number of aliphatic imine (C=N–C) groups is 1. The Hall–Kier alpha value is -2.36. The highest BCUT2D eigenvalue weighted by atomic mass is 16.1. The molecule has 0 radical (unpaired) electrons. The van der Waals surface area contributed by atoms with Gasteiger partial charge in [-0.15, -0.1) is 6.58 Å². The first kappa shape index (κ1) is 14.7. The lowest BCUT2D eigenvalue weighted by atomic mass is 10.1. The summed E-state index contributed by atoms with van der Waals surface area (Å²) in [6.45, 7) is 9.01. The molecule has 4 nitrogen and oxygen atoms in total. The normalized spacial score (nSPS) is 13.3. The van der Waals surface area contributed by atoms with Crippen LogP contribution < -0.4 is 0 Å². The van der Waals surface area contributed by atoms with Gasteiger partial charge < -0.3 is 0 Å². The number of allylic oxidation sites excluding steroid dienone is 4. The molecule has 1 rings (SSSR count). The predicted octanol–water partition coefficient (Wildman–Crippen LogP) is 2.75. The van der Waals surface area contributed by atoms with Gasteiger partial charge in [0.15, 0.2) is 5.82 Å². The van der Waals surface area contributed by atoms with Crippen LogP contribution in [0.3, 0.4) is 0 Å². The highest BCUT2D eigenvalue weighted by Gasteiger charge is 2.15. The van der Waals surface area contributed by atoms with E-state index in [1.807, 2.05) is 0 Å². The van der Waals surface area contributed by atoms with Crippen molar-refractivity contribution in [2.45, 2.75) is 6.92 Å². The van der Waals surface area contributed by atoms with E-state index in [9.17, 15) is 4.79 Å². The molecule has 0 saturated heterocycles. The molecule has 1 aromatic rings. The minimum absolute atomic E-state index is 0.150. The summed E-state index contributed by atoms with van der Waals surface area (Å²) in [5, 5.41) is 0. The second-order valence-electron chi connectivity index (χ2n) is 3.90. The molecule has 0 aliphatic heterocycles. The zero-order valence-electron chi connectivity index (χ0n) is 11.2. The smallest absolute Gasteiger partial charge is 0.206 e. The molecule has 1 heterocycles. The summed E-state index contributed by atoms with van der Waals surface area (Å²) in [4.78, 5) is 24.2. The molecule has 1 atom stereocenters. The number of ketones is 1. The van der Waals surface area contributed by atoms with E-state index in [0.29, 0.717) is 5.69 Å². The van der Waals surface area contributed by atoms with Gasteiger partial charge in [0.25, 0.3) is 0 Å². The lowest BCUT2D eigenvalue weighted by Crippen LogP contribution is -2.13. The number of rotatable bonds is 6. The van der Waals surface area contributed by atoms with Gasteiger partial charge in [0, 0.05) is 31.0 Å². The molecule has 19 heavy (non-hydrogen) atoms. The van der Waals surface area contributed by atoms with Gasteiger partial charge >= 0.3 is 0 Å². The van der Waals surface area contributed by atoms with Crippen molar-refractivity contribution in [3.8, 4) is 0 Å². The van der Waals surface area contributed by atoms with E-state index in [1.165, 1.54) is 0 Å². The van der Waals surface area contributed by atoms with Gasteiger partial charge in [-0.3, -0.25) is 9.79 Å². The van der Waals surface area contributed by atoms with E-state index in [4.69, 9.17) is 0 Å². The van der Waals surface area contributed by atoms with Crippen molar-refractivity contribution in [2.75, 3.05) is 7.05 Å². The van der Waals surface area contributed by atoms with Gasteiger partial charge in [0.05, 0.1) is 5.69 Å². The maximum atomic E-state index is 12.0. The lowest BCUT2D eigenvalue weighted by Gasteiger charge is -2.05. The zero-order chi connectivity index (χ0) is 14.3. The second-order valence-corrected chi connectivity index (χ2v) is 3.90. The van der Waals surface area contributed by atoms with Crippen molar-refractivity contribution in [1.29, 1.82) is 0 Å². The minimum atomic E-state index is -0.304. The van der Waals surface area contributed by atoms with Crippen LogP contribution in [-0.4, -0.2) is 29.0 Å². The van der Waals surface area contributed by atoms with Crippen LogP contribution in [0, 0.1) is 5.92 Å². The van der Waals surface area contributed by atoms with Crippen LogP contribution in [0.4, 0.5) is 0 Å². The molecule has 0 saturated carbocycles. The van der Waals surface area contributed by atoms with Crippen LogP contribution in [0.25, 0.3) is 5.57 Å². The third-order valence-electron chi connectivity index (χ3n) is 2.50. The summed E-state index contributed by atoms with van der Waals surface area (Å²) in [5.74, 6) is -0.269. The molecule has 0 aromatic carbocycles. The fourth-order valence-corrected chi connectivity index (χ4v) is 1.41. The van der Waals surface area contributed by atoms with Crippen molar-refractivity contribution >= 4 is 17.6 Å². The SMILES string of the molecule is C=C/C=C(\C=NC)c1ccnc(C(=O)C(C)C=C)n1. The third-order valence-corrected chi connectivity index (χ3v) is 2.50. The average molecular weight is 255 g/mol. The quantitative estimate of drug-likeness (QED) is 0.340. The lowest BCUT2D eigenvalue weighted by molar-refractivity contribution is 0.0943. The summed E-state index contributed by atoms with van der Waals surface area (Å²) < 4.78 is 0. The van der Waals surface area contributed by atoms with E-state index in [-0.39, 0.29) is 17.5 Å². The Balaban J connectivity index is 3.19. The summed E-state index contributed by atoms with van der Waals surface area (Å²) in [6.07, 6.45) is 8.22. The molecule has 4 heteroatoms. The molecule has 0 fully saturated rings. The molecule has 0 amide bonds. The predicted molar refractivity (Wildman–Crippen MR) is 78.3 cm³/mol. The number of carbonyl (C=O) groups is 1. The third kappa shape index (κ3) is 3.81. The number of aromatic nitrogens is 2. The van der Waals surface area contributed by atoms with E-state index in [2.05, 4.69) is 28.1 Å². The van der Waals surface area contributed by atoms with Gasteiger partial charge in [-0.25, -0.2) is 9.97 Å². The highest BCUT2D eigenvalue weighted by molar-refractivity contribution is 6.09. The van der Waals surface area contributed by atoms with Gasteiger partial charge in [-0.1, -0.05) is 31.7 Å². The molecule has 0 bridgehead atoms. The van der Waals surface area contributed by atoms with E-state index in [1.54, 1.807) is 50.7 Å². The molecule has 0 aliphatic carbocycles. The highest BCUT2D eigenvalue weighted by Crippen LogP contribution is 2.12. The monoisotopic (exact) mass is 255 g/mol. The van der Waals surface area contributed by atoms with E-state index < -0.39 is 0 Å². The average Bonchev–Trinajstić information content (AvgIpc) is 2.45. The second kappa shape index (κ2) is 7.16. The largest absolute Gasteiger partial charge is 0.296 e. The molecular formula is C15H17N3O. The molecule has 1 aromatic heterocycles. The Morgan fingerprint density at radius 3 is 2.79 bits per heavy atom. The molecular weight excluding hydrogens is 238 g/mol. The number of nitrogens with zero attached hydrogens (tertiary/aromatic N) is 3. The van der Waals surface area contributed by atoms with Gasteiger partial charge in [0.2, 0.25) is 5.78 Å². The van der Waals surface area contributed by atoms with Gasteiger partial charge in [0.1, 0.15) is 0 Å². The Labute approximate surface area is 113 Å². The summed E-state index contributed by atoms with van der Waals surface area (Å²) >= 11 is 0. The maximum absolute atomic E-state index is 12.0. The Morgan fingerprint density at radius 1 is 1.47 bits per heavy atom. The maximum Gasteiger partial charge on any atom is 0.206 e. The Kier molecular flexibility index (Phi) is 5.54. The molecule has 0 N–H and O–H groups in total.